The lowest BCUT2D eigenvalue weighted by atomic mass is 10.2. The quantitative estimate of drug-likeness (QED) is 0.793. The van der Waals surface area contributed by atoms with Gasteiger partial charge in [-0.15, -0.1) is 0 Å². The van der Waals surface area contributed by atoms with Gasteiger partial charge in [-0.2, -0.15) is 0 Å². The number of phosphoric acid groups is 1. The van der Waals surface area contributed by atoms with Gasteiger partial charge < -0.3 is 9.79 Å². The van der Waals surface area contributed by atoms with E-state index >= 15 is 0 Å². The van der Waals surface area contributed by atoms with Crippen molar-refractivity contribution >= 4 is 7.82 Å². The maximum absolute atomic E-state index is 10.2. The highest BCUT2D eigenvalue weighted by atomic mass is 31.2. The van der Waals surface area contributed by atoms with Crippen LogP contribution >= 0.6 is 7.82 Å². The van der Waals surface area contributed by atoms with Crippen LogP contribution in [0.3, 0.4) is 0 Å². The highest BCUT2D eigenvalue weighted by Gasteiger charge is 2.12. The fraction of sp³-hybridized carbons (Fsp3) is 0.500. The predicted octanol–water partition coefficient (Wildman–Crippen LogP) is 1.80. The van der Waals surface area contributed by atoms with Crippen molar-refractivity contribution in [3.63, 3.8) is 0 Å². The molecule has 92 valence electrons. The van der Waals surface area contributed by atoms with E-state index in [-0.39, 0.29) is 0 Å². The van der Waals surface area contributed by atoms with Crippen molar-refractivity contribution < 1.29 is 23.6 Å². The Kier molecular flexibility index (Phi) is 7.84. The third kappa shape index (κ3) is 9.67. The van der Waals surface area contributed by atoms with Gasteiger partial charge in [-0.25, -0.2) is 4.57 Å². The molecule has 0 unspecified atom stereocenters. The summed E-state index contributed by atoms with van der Waals surface area (Å²) >= 11 is 0. The second-order valence-electron chi connectivity index (χ2n) is 2.86. The third-order valence-corrected chi connectivity index (χ3v) is 1.67. The minimum absolute atomic E-state index is 1.06. The number of rotatable bonds is 4. The number of halogens is 1. The van der Waals surface area contributed by atoms with Gasteiger partial charge >= 0.3 is 7.82 Å². The van der Waals surface area contributed by atoms with Crippen molar-refractivity contribution in [2.75, 3.05) is 0 Å². The number of hydrogen-bond donors (Lipinski definition) is 2. The number of unbranched alkanes of at least 4 members (excludes halogenated alkanes) is 1. The molecular formula is C8H14FN2O4P. The monoisotopic (exact) mass is 252 g/mol. The summed E-state index contributed by atoms with van der Waals surface area (Å²) < 4.78 is 21.4. The van der Waals surface area contributed by atoms with E-state index in [1.165, 1.54) is 12.8 Å². The number of aromatic nitrogens is 2. The van der Waals surface area contributed by atoms with E-state index in [4.69, 9.17) is 14.4 Å². The molecular weight excluding hydrogens is 238 g/mol. The number of aryl methyl sites for hydroxylation is 1. The molecule has 0 aliphatic rings. The predicted molar refractivity (Wildman–Crippen MR) is 54.9 cm³/mol. The van der Waals surface area contributed by atoms with E-state index in [2.05, 4.69) is 21.6 Å². The van der Waals surface area contributed by atoms with Gasteiger partial charge in [0, 0.05) is 18.6 Å². The molecule has 0 aromatic carbocycles. The van der Waals surface area contributed by atoms with Crippen molar-refractivity contribution in [2.45, 2.75) is 26.2 Å². The average Bonchev–Trinajstić information content (AvgIpc) is 2.28. The molecule has 0 aliphatic carbocycles. The summed E-state index contributed by atoms with van der Waals surface area (Å²) in [6, 6.07) is 0. The van der Waals surface area contributed by atoms with E-state index in [0.29, 0.717) is 0 Å². The second kappa shape index (κ2) is 8.29. The molecule has 6 nitrogen and oxygen atoms in total. The van der Waals surface area contributed by atoms with E-state index in [1.54, 1.807) is 12.4 Å². The first kappa shape index (κ1) is 15.1. The molecule has 2 N–H and O–H groups in total. The van der Waals surface area contributed by atoms with Gasteiger partial charge in [0.1, 0.15) is 0 Å². The molecule has 16 heavy (non-hydrogen) atoms. The van der Waals surface area contributed by atoms with Crippen LogP contribution in [0.25, 0.3) is 0 Å². The lowest BCUT2D eigenvalue weighted by molar-refractivity contribution is -0.0389. The van der Waals surface area contributed by atoms with Crippen LogP contribution in [0.2, 0.25) is 0 Å². The summed E-state index contributed by atoms with van der Waals surface area (Å²) in [7, 11) is -4.81. The number of nitrogens with zero attached hydrogens (tertiary/aromatic N) is 2. The van der Waals surface area contributed by atoms with Crippen LogP contribution in [0.1, 0.15) is 25.5 Å². The molecule has 0 amide bonds. The third-order valence-electron chi connectivity index (χ3n) is 1.49. The van der Waals surface area contributed by atoms with Gasteiger partial charge in [-0.05, 0) is 17.4 Å². The molecule has 0 atom stereocenters. The van der Waals surface area contributed by atoms with Crippen molar-refractivity contribution in [1.82, 2.24) is 9.97 Å². The summed E-state index contributed by atoms with van der Waals surface area (Å²) in [5, 5.41) is 0. The molecule has 1 aromatic rings. The Morgan fingerprint density at radius 3 is 2.50 bits per heavy atom. The van der Waals surface area contributed by atoms with E-state index in [0.717, 1.165) is 12.1 Å². The molecule has 1 rings (SSSR count). The first-order valence-corrected chi connectivity index (χ1v) is 6.13. The molecule has 0 saturated carbocycles. The summed E-state index contributed by atoms with van der Waals surface area (Å²) in [6.45, 7) is 2.18. The molecule has 1 heterocycles. The minimum atomic E-state index is -4.81. The maximum atomic E-state index is 10.2. The first-order valence-electron chi connectivity index (χ1n) is 4.60. The molecule has 1 aromatic heterocycles. The molecule has 0 fully saturated rings. The van der Waals surface area contributed by atoms with Crippen LogP contribution in [-0.2, 0) is 15.7 Å². The van der Waals surface area contributed by atoms with Crippen molar-refractivity contribution in [1.29, 1.82) is 0 Å². The highest BCUT2D eigenvalue weighted by molar-refractivity contribution is 7.46. The number of hydrogen-bond acceptors (Lipinski definition) is 4. The molecule has 0 radical (unpaired) electrons. The van der Waals surface area contributed by atoms with Crippen molar-refractivity contribution in [3.05, 3.63) is 24.3 Å². The topological polar surface area (TPSA) is 92.5 Å². The lowest BCUT2D eigenvalue weighted by Crippen LogP contribution is -1.89. The zero-order valence-electron chi connectivity index (χ0n) is 8.78. The second-order valence-corrected chi connectivity index (χ2v) is 3.98. The normalized spacial score (nSPS) is 10.5. The Bertz CT molecular complexity index is 319. The van der Waals surface area contributed by atoms with Crippen LogP contribution in [-0.4, -0.2) is 19.8 Å². The fourth-order valence-electron chi connectivity index (χ4n) is 0.817. The Hall–Kier alpha value is -0.880. The van der Waals surface area contributed by atoms with Gasteiger partial charge in [0.05, 0.1) is 5.69 Å². The first-order chi connectivity index (χ1) is 7.49. The van der Waals surface area contributed by atoms with Crippen LogP contribution < -0.4 is 0 Å². The van der Waals surface area contributed by atoms with Gasteiger partial charge in [0.15, 0.2) is 0 Å². The van der Waals surface area contributed by atoms with Gasteiger partial charge in [-0.3, -0.25) is 9.97 Å². The van der Waals surface area contributed by atoms with Gasteiger partial charge in [0.2, 0.25) is 0 Å². The van der Waals surface area contributed by atoms with Crippen molar-refractivity contribution in [2.24, 2.45) is 0 Å². The molecule has 8 heteroatoms. The fourth-order valence-corrected chi connectivity index (χ4v) is 0.817. The summed E-state index contributed by atoms with van der Waals surface area (Å²) in [4.78, 5) is 22.8. The Morgan fingerprint density at radius 1 is 1.50 bits per heavy atom. The molecule has 0 bridgehead atoms. The van der Waals surface area contributed by atoms with Crippen molar-refractivity contribution in [3.8, 4) is 0 Å². The van der Waals surface area contributed by atoms with E-state index in [9.17, 15) is 4.53 Å². The van der Waals surface area contributed by atoms with E-state index in [1.807, 2.05) is 6.20 Å². The molecule has 0 saturated heterocycles. The smallest absolute Gasteiger partial charge is 0.301 e. The summed E-state index contributed by atoms with van der Waals surface area (Å²) in [6.07, 6.45) is 8.76. The average molecular weight is 252 g/mol. The summed E-state index contributed by atoms with van der Waals surface area (Å²) in [5.74, 6) is 0. The zero-order valence-corrected chi connectivity index (χ0v) is 9.68. The molecule has 0 aliphatic heterocycles. The Morgan fingerprint density at radius 2 is 2.12 bits per heavy atom. The van der Waals surface area contributed by atoms with E-state index < -0.39 is 7.82 Å². The highest BCUT2D eigenvalue weighted by Crippen LogP contribution is 2.35. The lowest BCUT2D eigenvalue weighted by Gasteiger charge is -1.94. The van der Waals surface area contributed by atoms with Gasteiger partial charge in [-0.1, -0.05) is 18.1 Å². The Balaban J connectivity index is 0.000000325. The van der Waals surface area contributed by atoms with Crippen LogP contribution in [0.4, 0.5) is 4.53 Å². The van der Waals surface area contributed by atoms with Gasteiger partial charge in [0.25, 0.3) is 0 Å². The van der Waals surface area contributed by atoms with Crippen LogP contribution in [0.15, 0.2) is 18.6 Å². The van der Waals surface area contributed by atoms with Crippen LogP contribution in [0, 0.1) is 0 Å². The largest absolute Gasteiger partial charge is 0.500 e. The standard InChI is InChI=1S/C8H12N2.FH2O4P/c1-2-3-4-8-7-9-5-6-10-8;1-5-6(2,3)4/h5-7H,2-4H2,1H3;(H2,2,3,4). The van der Waals surface area contributed by atoms with Crippen LogP contribution in [0.5, 0.6) is 0 Å². The molecule has 0 spiro atoms. The maximum Gasteiger partial charge on any atom is 0.500 e. The Labute approximate surface area is 92.7 Å². The summed E-state index contributed by atoms with van der Waals surface area (Å²) in [5.41, 5.74) is 1.10. The SMILES string of the molecule is CCCCc1cnccn1.O=P(O)(O)OF. The minimum Gasteiger partial charge on any atom is -0.301 e. The zero-order chi connectivity index (χ0) is 12.4.